The summed E-state index contributed by atoms with van der Waals surface area (Å²) in [5.41, 5.74) is 1.17. The van der Waals surface area contributed by atoms with Crippen LogP contribution in [-0.4, -0.2) is 32.0 Å². The quantitative estimate of drug-likeness (QED) is 0.747. The Kier molecular flexibility index (Phi) is 5.07. The molecule has 0 radical (unpaired) electrons. The molecule has 21 heavy (non-hydrogen) atoms. The second-order valence-corrected chi connectivity index (χ2v) is 7.25. The summed E-state index contributed by atoms with van der Waals surface area (Å²) in [6.07, 6.45) is 3.83. The van der Waals surface area contributed by atoms with E-state index >= 15 is 0 Å². The Labute approximate surface area is 128 Å². The highest BCUT2D eigenvalue weighted by Gasteiger charge is 2.34. The summed E-state index contributed by atoms with van der Waals surface area (Å²) in [5.74, 6) is 0. The van der Waals surface area contributed by atoms with Gasteiger partial charge in [-0.1, -0.05) is 32.9 Å². The number of hydrogen-bond donors (Lipinski definition) is 0. The maximum atomic E-state index is 12.3. The fourth-order valence-corrected chi connectivity index (χ4v) is 4.42. The standard InChI is InChI=1S/C15H21NO3S.CH4/c1-2-15-14-5-3-4-10-16(14)11-12-6-8-13(9-7-12)20(17,18)19-15;/h6-9,14-15H,2-5,10-11H2,1H3;1H4. The van der Waals surface area contributed by atoms with Crippen LogP contribution in [0.5, 0.6) is 0 Å². The van der Waals surface area contributed by atoms with E-state index < -0.39 is 10.1 Å². The first kappa shape index (κ1) is 16.5. The zero-order chi connectivity index (χ0) is 14.2. The van der Waals surface area contributed by atoms with Crippen LogP contribution in [0.1, 0.15) is 45.6 Å². The van der Waals surface area contributed by atoms with Crippen molar-refractivity contribution in [3.8, 4) is 0 Å². The maximum absolute atomic E-state index is 12.3. The van der Waals surface area contributed by atoms with Gasteiger partial charge in [0.1, 0.15) is 0 Å². The molecule has 0 N–H and O–H groups in total. The molecule has 0 aliphatic carbocycles. The second kappa shape index (κ2) is 6.46. The van der Waals surface area contributed by atoms with E-state index in [2.05, 4.69) is 4.90 Å². The summed E-state index contributed by atoms with van der Waals surface area (Å²) < 4.78 is 30.2. The number of benzene rings is 1. The highest BCUT2D eigenvalue weighted by molar-refractivity contribution is 7.86. The summed E-state index contributed by atoms with van der Waals surface area (Å²) in [5, 5.41) is 0. The third-order valence-corrected chi connectivity index (χ3v) is 5.69. The molecule has 1 aromatic carbocycles. The molecule has 2 atom stereocenters. The molecule has 1 aromatic rings. The summed E-state index contributed by atoms with van der Waals surface area (Å²) in [6, 6.07) is 7.31. The van der Waals surface area contributed by atoms with E-state index in [-0.39, 0.29) is 24.5 Å². The first-order chi connectivity index (χ1) is 9.60. The van der Waals surface area contributed by atoms with Crippen molar-refractivity contribution in [3.63, 3.8) is 0 Å². The second-order valence-electron chi connectivity index (χ2n) is 5.67. The van der Waals surface area contributed by atoms with Gasteiger partial charge in [-0.05, 0) is 43.5 Å². The molecule has 0 spiro atoms. The zero-order valence-electron chi connectivity index (χ0n) is 11.8. The molecule has 0 amide bonds. The van der Waals surface area contributed by atoms with E-state index in [1.165, 1.54) is 12.0 Å². The molecule has 4 nitrogen and oxygen atoms in total. The maximum Gasteiger partial charge on any atom is 0.297 e. The zero-order valence-corrected chi connectivity index (χ0v) is 12.6. The Morgan fingerprint density at radius 1 is 1.24 bits per heavy atom. The topological polar surface area (TPSA) is 46.6 Å². The van der Waals surface area contributed by atoms with Gasteiger partial charge in [-0.25, -0.2) is 0 Å². The van der Waals surface area contributed by atoms with E-state index in [0.717, 1.165) is 32.4 Å². The van der Waals surface area contributed by atoms with Crippen molar-refractivity contribution in [1.82, 2.24) is 4.90 Å². The Morgan fingerprint density at radius 2 is 1.95 bits per heavy atom. The molecule has 2 bridgehead atoms. The van der Waals surface area contributed by atoms with Crippen molar-refractivity contribution in [2.75, 3.05) is 6.54 Å². The smallest absolute Gasteiger partial charge is 0.294 e. The van der Waals surface area contributed by atoms with Crippen LogP contribution in [-0.2, 0) is 20.8 Å². The van der Waals surface area contributed by atoms with Gasteiger partial charge >= 0.3 is 0 Å². The third kappa shape index (κ3) is 3.30. The molecule has 1 saturated heterocycles. The number of hydrogen-bond acceptors (Lipinski definition) is 4. The van der Waals surface area contributed by atoms with Gasteiger partial charge < -0.3 is 0 Å². The molecule has 2 unspecified atom stereocenters. The van der Waals surface area contributed by atoms with Crippen LogP contribution in [0, 0.1) is 0 Å². The number of nitrogens with zero attached hydrogens (tertiary/aromatic N) is 1. The van der Waals surface area contributed by atoms with Gasteiger partial charge in [-0.3, -0.25) is 9.08 Å². The Balaban J connectivity index is 0.00000161. The minimum Gasteiger partial charge on any atom is -0.294 e. The molecule has 4 rings (SSSR count). The van der Waals surface area contributed by atoms with Crippen molar-refractivity contribution in [3.05, 3.63) is 29.8 Å². The monoisotopic (exact) mass is 311 g/mol. The van der Waals surface area contributed by atoms with Crippen LogP contribution in [0.25, 0.3) is 0 Å². The van der Waals surface area contributed by atoms with Gasteiger partial charge in [0.15, 0.2) is 0 Å². The number of piperidine rings is 1. The lowest BCUT2D eigenvalue weighted by Gasteiger charge is -2.40. The minimum absolute atomic E-state index is 0. The Bertz CT molecular complexity index is 568. The van der Waals surface area contributed by atoms with Crippen molar-refractivity contribution in [1.29, 1.82) is 0 Å². The number of fused-ring (bicyclic) bond motifs is 4. The average molecular weight is 311 g/mol. The van der Waals surface area contributed by atoms with E-state index in [4.69, 9.17) is 4.18 Å². The van der Waals surface area contributed by atoms with Gasteiger partial charge in [-0.2, -0.15) is 8.42 Å². The summed E-state index contributed by atoms with van der Waals surface area (Å²) >= 11 is 0. The lowest BCUT2D eigenvalue weighted by Crippen LogP contribution is -2.48. The van der Waals surface area contributed by atoms with Crippen LogP contribution < -0.4 is 0 Å². The van der Waals surface area contributed by atoms with Crippen molar-refractivity contribution < 1.29 is 12.6 Å². The van der Waals surface area contributed by atoms with Gasteiger partial charge in [-0.15, -0.1) is 0 Å². The first-order valence-electron chi connectivity index (χ1n) is 7.36. The van der Waals surface area contributed by atoms with Crippen molar-refractivity contribution in [2.45, 2.75) is 63.6 Å². The summed E-state index contributed by atoms with van der Waals surface area (Å²) in [7, 11) is -3.64. The lowest BCUT2D eigenvalue weighted by molar-refractivity contribution is 0.0368. The van der Waals surface area contributed by atoms with Crippen molar-refractivity contribution in [2.24, 2.45) is 0 Å². The summed E-state index contributed by atoms with van der Waals surface area (Å²) in [6.45, 7) is 3.90. The first-order valence-corrected chi connectivity index (χ1v) is 8.77. The van der Waals surface area contributed by atoms with E-state index in [1.807, 2.05) is 19.1 Å². The average Bonchev–Trinajstić information content (AvgIpc) is 2.46. The molecule has 118 valence electrons. The minimum atomic E-state index is -3.64. The van der Waals surface area contributed by atoms with Gasteiger partial charge in [0.05, 0.1) is 11.0 Å². The molecule has 3 aliphatic rings. The predicted octanol–water partition coefficient (Wildman–Crippen LogP) is 3.17. The highest BCUT2D eigenvalue weighted by Crippen LogP contribution is 2.29. The number of rotatable bonds is 1. The Hall–Kier alpha value is -0.910. The van der Waals surface area contributed by atoms with Crippen LogP contribution in [0.15, 0.2) is 29.2 Å². The largest absolute Gasteiger partial charge is 0.297 e. The fraction of sp³-hybridized carbons (Fsp3) is 0.625. The fourth-order valence-electron chi connectivity index (χ4n) is 3.25. The molecule has 3 heterocycles. The molecule has 3 aliphatic heterocycles. The predicted molar refractivity (Wildman–Crippen MR) is 83.6 cm³/mol. The van der Waals surface area contributed by atoms with Gasteiger partial charge in [0, 0.05) is 12.6 Å². The molecular weight excluding hydrogens is 286 g/mol. The third-order valence-electron chi connectivity index (χ3n) is 4.34. The van der Waals surface area contributed by atoms with Crippen molar-refractivity contribution >= 4 is 10.1 Å². The van der Waals surface area contributed by atoms with Crippen LogP contribution in [0.2, 0.25) is 0 Å². The highest BCUT2D eigenvalue weighted by atomic mass is 32.2. The van der Waals surface area contributed by atoms with Crippen LogP contribution >= 0.6 is 0 Å². The van der Waals surface area contributed by atoms with Gasteiger partial charge in [0.25, 0.3) is 10.1 Å². The molecular formula is C16H25NO3S. The van der Waals surface area contributed by atoms with E-state index in [1.54, 1.807) is 12.1 Å². The molecule has 1 fully saturated rings. The van der Waals surface area contributed by atoms with Crippen LogP contribution in [0.3, 0.4) is 0 Å². The molecule has 5 heteroatoms. The normalized spacial score (nSPS) is 28.4. The van der Waals surface area contributed by atoms with Crippen LogP contribution in [0.4, 0.5) is 0 Å². The molecule has 0 saturated carbocycles. The van der Waals surface area contributed by atoms with Gasteiger partial charge in [0.2, 0.25) is 0 Å². The lowest BCUT2D eigenvalue weighted by atomic mass is 9.95. The van der Waals surface area contributed by atoms with E-state index in [0.29, 0.717) is 0 Å². The van der Waals surface area contributed by atoms with E-state index in [9.17, 15) is 8.42 Å². The summed E-state index contributed by atoms with van der Waals surface area (Å²) in [4.78, 5) is 2.65. The Morgan fingerprint density at radius 3 is 2.62 bits per heavy atom. The molecule has 0 aromatic heterocycles. The SMILES string of the molecule is C.CCC1OS(=O)(=O)c2ccc(cc2)CN2CCCCC12.